The third-order valence-electron chi connectivity index (χ3n) is 2.39. The van der Waals surface area contributed by atoms with Crippen LogP contribution in [0.5, 0.6) is 0 Å². The minimum absolute atomic E-state index is 0.00325. The van der Waals surface area contributed by atoms with Crippen molar-refractivity contribution in [3.63, 3.8) is 0 Å². The molecule has 7 nitrogen and oxygen atoms in total. The van der Waals surface area contributed by atoms with E-state index >= 15 is 0 Å². The molecule has 0 N–H and O–H groups in total. The van der Waals surface area contributed by atoms with Crippen molar-refractivity contribution in [1.29, 1.82) is 0 Å². The Morgan fingerprint density at radius 3 is 2.13 bits per heavy atom. The molecule has 0 aliphatic rings. The Morgan fingerprint density at radius 2 is 1.65 bits per heavy atom. The number of carbonyl (C=O) groups excluding carboxylic acids is 2. The first kappa shape index (κ1) is 21.4. The summed E-state index contributed by atoms with van der Waals surface area (Å²) in [6.45, 7) is 16.0. The van der Waals surface area contributed by atoms with Crippen LogP contribution in [-0.2, 0) is 28.8 Å². The first-order valence-electron chi connectivity index (χ1n) is 7.39. The van der Waals surface area contributed by atoms with Crippen LogP contribution in [0.1, 0.15) is 54.9 Å². The summed E-state index contributed by atoms with van der Waals surface area (Å²) in [6.07, 6.45) is -1.10. The van der Waals surface area contributed by atoms with E-state index in [1.165, 1.54) is 13.8 Å². The van der Waals surface area contributed by atoms with Gasteiger partial charge in [0.2, 0.25) is 12.6 Å². The zero-order chi connectivity index (χ0) is 18.3. The van der Waals surface area contributed by atoms with Gasteiger partial charge in [0.1, 0.15) is 5.60 Å². The van der Waals surface area contributed by atoms with Crippen molar-refractivity contribution in [2.45, 2.75) is 73.1 Å². The van der Waals surface area contributed by atoms with Crippen LogP contribution in [0.2, 0.25) is 0 Å². The topological polar surface area (TPSA) is 80.3 Å². The molecule has 0 saturated carbocycles. The molecule has 7 heteroatoms. The lowest BCUT2D eigenvalue weighted by molar-refractivity contribution is -0.363. The normalized spacial score (nSPS) is 14.6. The maximum Gasteiger partial charge on any atom is 0.511 e. The van der Waals surface area contributed by atoms with Gasteiger partial charge in [-0.2, -0.15) is 4.89 Å². The Bertz CT molecular complexity index is 409. The molecule has 0 spiro atoms. The van der Waals surface area contributed by atoms with E-state index in [1.807, 2.05) is 13.8 Å². The maximum absolute atomic E-state index is 11.8. The minimum atomic E-state index is -0.939. The SMILES string of the molecule is C=CC(=O)OOC(C)OC(C)OC(=O)OC(C)(C)CC(C)(C)C. The summed E-state index contributed by atoms with van der Waals surface area (Å²) in [4.78, 5) is 31.6. The molecule has 134 valence electrons. The summed E-state index contributed by atoms with van der Waals surface area (Å²) in [5.41, 5.74) is -0.667. The lowest BCUT2D eigenvalue weighted by Gasteiger charge is -2.32. The summed E-state index contributed by atoms with van der Waals surface area (Å²) < 4.78 is 15.5. The van der Waals surface area contributed by atoms with Crippen LogP contribution < -0.4 is 0 Å². The Kier molecular flexibility index (Phi) is 8.26. The standard InChI is InChI=1S/C16H28O7/c1-9-13(17)23-22-12(3)19-11(2)20-14(18)21-16(7,8)10-15(4,5)6/h9,11-12H,1,10H2,2-8H3. The molecule has 0 fully saturated rings. The summed E-state index contributed by atoms with van der Waals surface area (Å²) >= 11 is 0. The molecular formula is C16H28O7. The Labute approximate surface area is 137 Å². The second kappa shape index (κ2) is 8.88. The largest absolute Gasteiger partial charge is 0.511 e. The quantitative estimate of drug-likeness (QED) is 0.220. The van der Waals surface area contributed by atoms with Crippen molar-refractivity contribution in [2.24, 2.45) is 5.41 Å². The van der Waals surface area contributed by atoms with Crippen LogP contribution >= 0.6 is 0 Å². The van der Waals surface area contributed by atoms with Crippen molar-refractivity contribution in [3.05, 3.63) is 12.7 Å². The van der Waals surface area contributed by atoms with Crippen molar-refractivity contribution < 1.29 is 33.6 Å². The molecule has 0 saturated heterocycles. The highest BCUT2D eigenvalue weighted by Gasteiger charge is 2.30. The molecule has 0 bridgehead atoms. The van der Waals surface area contributed by atoms with Crippen LogP contribution in [0.4, 0.5) is 4.79 Å². The second-order valence-corrected chi connectivity index (χ2v) is 6.94. The van der Waals surface area contributed by atoms with Crippen LogP contribution in [0.25, 0.3) is 0 Å². The molecule has 0 rings (SSSR count). The van der Waals surface area contributed by atoms with E-state index in [-0.39, 0.29) is 5.41 Å². The smallest absolute Gasteiger partial charge is 0.428 e. The van der Waals surface area contributed by atoms with Crippen LogP contribution in [0, 0.1) is 5.41 Å². The summed E-state index contributed by atoms with van der Waals surface area (Å²) in [7, 11) is 0. The third-order valence-corrected chi connectivity index (χ3v) is 2.39. The van der Waals surface area contributed by atoms with Crippen molar-refractivity contribution >= 4 is 12.1 Å². The Balaban J connectivity index is 4.24. The molecule has 0 heterocycles. The molecule has 0 aromatic rings. The molecule has 0 aliphatic heterocycles. The molecule has 0 aromatic carbocycles. The predicted molar refractivity (Wildman–Crippen MR) is 83.1 cm³/mol. The average molecular weight is 332 g/mol. The monoisotopic (exact) mass is 332 g/mol. The minimum Gasteiger partial charge on any atom is -0.428 e. The van der Waals surface area contributed by atoms with E-state index in [1.54, 1.807) is 0 Å². The fraction of sp³-hybridized carbons (Fsp3) is 0.750. The number of rotatable bonds is 8. The average Bonchev–Trinajstić information content (AvgIpc) is 2.31. The predicted octanol–water partition coefficient (Wildman–Crippen LogP) is 3.72. The molecule has 0 aromatic heterocycles. The number of hydrogen-bond acceptors (Lipinski definition) is 7. The number of carbonyl (C=O) groups is 2. The van der Waals surface area contributed by atoms with Crippen LogP contribution in [-0.4, -0.2) is 30.3 Å². The van der Waals surface area contributed by atoms with Gasteiger partial charge in [-0.05, 0) is 39.5 Å². The molecule has 0 aliphatic carbocycles. The highest BCUT2D eigenvalue weighted by atomic mass is 17.2. The highest BCUT2D eigenvalue weighted by molar-refractivity contribution is 5.80. The number of hydrogen-bond donors (Lipinski definition) is 0. The van der Waals surface area contributed by atoms with Crippen molar-refractivity contribution in [2.75, 3.05) is 0 Å². The van der Waals surface area contributed by atoms with Crippen molar-refractivity contribution in [3.8, 4) is 0 Å². The second-order valence-electron chi connectivity index (χ2n) is 6.94. The summed E-state index contributed by atoms with van der Waals surface area (Å²) in [6, 6.07) is 0. The van der Waals surface area contributed by atoms with Gasteiger partial charge < -0.3 is 14.2 Å². The molecular weight excluding hydrogens is 304 g/mol. The first-order valence-corrected chi connectivity index (χ1v) is 7.39. The van der Waals surface area contributed by atoms with Crippen LogP contribution in [0.3, 0.4) is 0 Å². The molecule has 23 heavy (non-hydrogen) atoms. The Hall–Kier alpha value is -1.60. The molecule has 2 unspecified atom stereocenters. The fourth-order valence-corrected chi connectivity index (χ4v) is 2.17. The van der Waals surface area contributed by atoms with Gasteiger partial charge in [-0.1, -0.05) is 27.4 Å². The van der Waals surface area contributed by atoms with Gasteiger partial charge in [0, 0.05) is 6.08 Å². The van der Waals surface area contributed by atoms with Gasteiger partial charge in [-0.25, -0.2) is 9.59 Å². The summed E-state index contributed by atoms with van der Waals surface area (Å²) in [5, 5.41) is 0. The molecule has 0 radical (unpaired) electrons. The van der Waals surface area contributed by atoms with Gasteiger partial charge in [0.15, 0.2) is 0 Å². The van der Waals surface area contributed by atoms with Gasteiger partial charge in [-0.15, -0.1) is 0 Å². The van der Waals surface area contributed by atoms with Crippen LogP contribution in [0.15, 0.2) is 12.7 Å². The van der Waals surface area contributed by atoms with E-state index in [2.05, 4.69) is 37.1 Å². The lowest BCUT2D eigenvalue weighted by atomic mass is 9.84. The Morgan fingerprint density at radius 1 is 1.09 bits per heavy atom. The van der Waals surface area contributed by atoms with E-state index in [9.17, 15) is 9.59 Å². The molecule has 2 atom stereocenters. The van der Waals surface area contributed by atoms with Gasteiger partial charge in [0.05, 0.1) is 0 Å². The van der Waals surface area contributed by atoms with E-state index in [4.69, 9.17) is 14.2 Å². The van der Waals surface area contributed by atoms with E-state index < -0.39 is 30.3 Å². The van der Waals surface area contributed by atoms with Gasteiger partial charge in [-0.3, -0.25) is 4.89 Å². The van der Waals surface area contributed by atoms with Gasteiger partial charge >= 0.3 is 12.1 Å². The zero-order valence-corrected chi connectivity index (χ0v) is 15.0. The summed E-state index contributed by atoms with van der Waals surface area (Å²) in [5.74, 6) is -0.752. The van der Waals surface area contributed by atoms with Gasteiger partial charge in [0.25, 0.3) is 0 Å². The van der Waals surface area contributed by atoms with E-state index in [0.717, 1.165) is 6.08 Å². The third kappa shape index (κ3) is 11.6. The zero-order valence-electron chi connectivity index (χ0n) is 15.0. The highest BCUT2D eigenvalue weighted by Crippen LogP contribution is 2.29. The lowest BCUT2D eigenvalue weighted by Crippen LogP contribution is -2.35. The molecule has 0 amide bonds. The first-order chi connectivity index (χ1) is 10.3. The number of ether oxygens (including phenoxy) is 3. The van der Waals surface area contributed by atoms with E-state index in [0.29, 0.717) is 6.42 Å². The maximum atomic E-state index is 11.8. The fourth-order valence-electron chi connectivity index (χ4n) is 2.17. The van der Waals surface area contributed by atoms with Crippen molar-refractivity contribution in [1.82, 2.24) is 0 Å².